The maximum absolute atomic E-state index is 12.8. The predicted octanol–water partition coefficient (Wildman–Crippen LogP) is 4.23. The summed E-state index contributed by atoms with van der Waals surface area (Å²) in [6, 6.07) is 7.24. The van der Waals surface area contributed by atoms with E-state index in [1.165, 1.54) is 19.3 Å². The summed E-state index contributed by atoms with van der Waals surface area (Å²) in [6.45, 7) is -0.0586. The van der Waals surface area contributed by atoms with E-state index >= 15 is 0 Å². The molecule has 4 heteroatoms. The van der Waals surface area contributed by atoms with Gasteiger partial charge in [-0.05, 0) is 103 Å². The quantitative estimate of drug-likeness (QED) is 0.537. The second-order valence-electron chi connectivity index (χ2n) is 7.70. The molecule has 122 valence electrons. The highest BCUT2D eigenvalue weighted by molar-refractivity contribution is 14.1. The molecule has 4 aliphatic rings. The minimum absolute atomic E-state index is 0.0586. The highest BCUT2D eigenvalue weighted by atomic mass is 127. The first-order valence-corrected chi connectivity index (χ1v) is 9.58. The van der Waals surface area contributed by atoms with Gasteiger partial charge in [0, 0.05) is 8.99 Å². The minimum Gasteiger partial charge on any atom is -0.454 e. The molecule has 5 rings (SSSR count). The summed E-state index contributed by atoms with van der Waals surface area (Å²) in [5.41, 5.74) is 0.338. The monoisotopic (exact) mass is 424 g/mol. The highest BCUT2D eigenvalue weighted by Gasteiger charge is 2.54. The number of ketones is 1. The van der Waals surface area contributed by atoms with Gasteiger partial charge in [-0.1, -0.05) is 0 Å². The molecule has 23 heavy (non-hydrogen) atoms. The molecule has 0 aliphatic heterocycles. The van der Waals surface area contributed by atoms with Gasteiger partial charge in [0.25, 0.3) is 0 Å². The van der Waals surface area contributed by atoms with Gasteiger partial charge in [-0.15, -0.1) is 0 Å². The summed E-state index contributed by atoms with van der Waals surface area (Å²) in [5.74, 6) is 1.97. The van der Waals surface area contributed by atoms with Gasteiger partial charge in [-0.25, -0.2) is 4.79 Å². The molecule has 0 aromatic heterocycles. The summed E-state index contributed by atoms with van der Waals surface area (Å²) >= 11 is 2.20. The van der Waals surface area contributed by atoms with Crippen LogP contribution < -0.4 is 0 Å². The van der Waals surface area contributed by atoms with E-state index < -0.39 is 0 Å². The topological polar surface area (TPSA) is 43.4 Å². The van der Waals surface area contributed by atoms with Gasteiger partial charge in [0.15, 0.2) is 12.4 Å². The minimum atomic E-state index is -0.389. The molecule has 0 spiro atoms. The molecule has 1 aromatic carbocycles. The third kappa shape index (κ3) is 2.94. The number of ether oxygens (including phenoxy) is 1. The Kier molecular flexibility index (Phi) is 3.98. The molecule has 0 atom stereocenters. The van der Waals surface area contributed by atoms with E-state index in [1.54, 1.807) is 12.1 Å². The summed E-state index contributed by atoms with van der Waals surface area (Å²) in [6.07, 6.45) is 7.02. The van der Waals surface area contributed by atoms with Gasteiger partial charge < -0.3 is 4.74 Å². The number of hydrogen-bond donors (Lipinski definition) is 0. The van der Waals surface area contributed by atoms with Crippen molar-refractivity contribution in [3.8, 4) is 0 Å². The van der Waals surface area contributed by atoms with Crippen LogP contribution in [0.25, 0.3) is 0 Å². The Morgan fingerprint density at radius 2 is 1.52 bits per heavy atom. The maximum Gasteiger partial charge on any atom is 0.338 e. The van der Waals surface area contributed by atoms with Crippen molar-refractivity contribution in [2.24, 2.45) is 23.2 Å². The highest BCUT2D eigenvalue weighted by Crippen LogP contribution is 2.60. The third-order valence-corrected chi connectivity index (χ3v) is 6.76. The lowest BCUT2D eigenvalue weighted by molar-refractivity contribution is -0.147. The second-order valence-corrected chi connectivity index (χ2v) is 8.95. The van der Waals surface area contributed by atoms with Gasteiger partial charge in [0.2, 0.25) is 0 Å². The zero-order valence-electron chi connectivity index (χ0n) is 13.1. The fourth-order valence-electron chi connectivity index (χ4n) is 5.41. The van der Waals surface area contributed by atoms with Crippen LogP contribution in [0, 0.1) is 26.7 Å². The summed E-state index contributed by atoms with van der Waals surface area (Å²) in [7, 11) is 0. The van der Waals surface area contributed by atoms with E-state index in [0.717, 1.165) is 40.6 Å². The molecule has 0 N–H and O–H groups in total. The average Bonchev–Trinajstić information content (AvgIpc) is 2.51. The third-order valence-electron chi connectivity index (χ3n) is 6.04. The molecule has 3 nitrogen and oxygen atoms in total. The van der Waals surface area contributed by atoms with Crippen LogP contribution in [-0.4, -0.2) is 18.4 Å². The van der Waals surface area contributed by atoms with Gasteiger partial charge in [0.05, 0.1) is 5.56 Å². The average molecular weight is 424 g/mol. The molecular weight excluding hydrogens is 403 g/mol. The number of halogens is 1. The Hall–Kier alpha value is -0.910. The molecule has 0 saturated heterocycles. The van der Waals surface area contributed by atoms with Crippen LogP contribution >= 0.6 is 22.6 Å². The van der Waals surface area contributed by atoms with Crippen molar-refractivity contribution in [3.05, 3.63) is 33.4 Å². The van der Waals surface area contributed by atoms with Crippen molar-refractivity contribution >= 4 is 34.3 Å². The first-order valence-electron chi connectivity index (χ1n) is 8.50. The molecule has 4 bridgehead atoms. The molecular formula is C19H21IO3. The lowest BCUT2D eigenvalue weighted by Gasteiger charge is -2.55. The SMILES string of the molecule is O=C(OCC(=O)C12CC3CC(CC(C3)C1)C2)c1ccc(I)cc1. The lowest BCUT2D eigenvalue weighted by atomic mass is 9.48. The molecule has 4 fully saturated rings. The van der Waals surface area contributed by atoms with Crippen molar-refractivity contribution in [1.82, 2.24) is 0 Å². The van der Waals surface area contributed by atoms with Crippen LogP contribution in [0.1, 0.15) is 48.9 Å². The first kappa shape index (κ1) is 15.6. The number of carbonyl (C=O) groups excluding carboxylic acids is 2. The van der Waals surface area contributed by atoms with Gasteiger partial charge in [0.1, 0.15) is 0 Å². The van der Waals surface area contributed by atoms with Crippen molar-refractivity contribution in [2.45, 2.75) is 38.5 Å². The number of benzene rings is 1. The van der Waals surface area contributed by atoms with Crippen LogP contribution in [0.3, 0.4) is 0 Å². The van der Waals surface area contributed by atoms with Gasteiger partial charge in [-0.3, -0.25) is 4.79 Å². The summed E-state index contributed by atoms with van der Waals surface area (Å²) < 4.78 is 6.40. The number of rotatable bonds is 4. The van der Waals surface area contributed by atoms with Crippen molar-refractivity contribution in [1.29, 1.82) is 0 Å². The number of carbonyl (C=O) groups is 2. The fourth-order valence-corrected chi connectivity index (χ4v) is 5.77. The predicted molar refractivity (Wildman–Crippen MR) is 95.1 cm³/mol. The Balaban J connectivity index is 1.40. The van der Waals surface area contributed by atoms with Crippen LogP contribution in [0.15, 0.2) is 24.3 Å². The largest absolute Gasteiger partial charge is 0.454 e. The van der Waals surface area contributed by atoms with Crippen molar-refractivity contribution < 1.29 is 14.3 Å². The maximum atomic E-state index is 12.8. The van der Waals surface area contributed by atoms with Gasteiger partial charge >= 0.3 is 5.97 Å². The van der Waals surface area contributed by atoms with Crippen molar-refractivity contribution in [2.75, 3.05) is 6.61 Å². The zero-order valence-corrected chi connectivity index (χ0v) is 15.3. The van der Waals surface area contributed by atoms with E-state index in [1.807, 2.05) is 12.1 Å². The molecule has 4 saturated carbocycles. The van der Waals surface area contributed by atoms with Crippen LogP contribution in [0.2, 0.25) is 0 Å². The van der Waals surface area contributed by atoms with Crippen LogP contribution in [0.5, 0.6) is 0 Å². The van der Waals surface area contributed by atoms with E-state index in [0.29, 0.717) is 5.56 Å². The standard InChI is InChI=1S/C19H21IO3/c20-16-3-1-15(2-4-16)18(22)23-11-17(21)19-8-12-5-13(9-19)7-14(6-12)10-19/h1-4,12-14H,5-11H2. The number of Topliss-reactive ketones (excluding diaryl/α,β-unsaturated/α-hetero) is 1. The van der Waals surface area contributed by atoms with E-state index in [4.69, 9.17) is 4.74 Å². The molecule has 0 radical (unpaired) electrons. The molecule has 1 aromatic rings. The summed E-state index contributed by atoms with van der Waals surface area (Å²) in [5, 5.41) is 0. The van der Waals surface area contributed by atoms with Crippen molar-refractivity contribution in [3.63, 3.8) is 0 Å². The fraction of sp³-hybridized carbons (Fsp3) is 0.579. The number of esters is 1. The normalized spacial score (nSPS) is 34.4. The number of hydrogen-bond acceptors (Lipinski definition) is 3. The van der Waals surface area contributed by atoms with Crippen LogP contribution in [0.4, 0.5) is 0 Å². The van der Waals surface area contributed by atoms with E-state index in [2.05, 4.69) is 22.6 Å². The Labute approximate surface area is 150 Å². The zero-order chi connectivity index (χ0) is 16.0. The van der Waals surface area contributed by atoms with E-state index in [9.17, 15) is 9.59 Å². The van der Waals surface area contributed by atoms with E-state index in [-0.39, 0.29) is 23.8 Å². The van der Waals surface area contributed by atoms with Gasteiger partial charge in [-0.2, -0.15) is 0 Å². The molecule has 0 amide bonds. The molecule has 0 heterocycles. The first-order chi connectivity index (χ1) is 11.0. The Morgan fingerprint density at radius 3 is 2.04 bits per heavy atom. The Morgan fingerprint density at radius 1 is 1.00 bits per heavy atom. The lowest BCUT2D eigenvalue weighted by Crippen LogP contribution is -2.51. The molecule has 4 aliphatic carbocycles. The van der Waals surface area contributed by atoms with Crippen LogP contribution in [-0.2, 0) is 9.53 Å². The smallest absolute Gasteiger partial charge is 0.338 e. The Bertz CT molecular complexity index is 599. The second kappa shape index (κ2) is 5.87. The molecule has 0 unspecified atom stereocenters. The summed E-state index contributed by atoms with van der Waals surface area (Å²) in [4.78, 5) is 24.9.